The Balaban J connectivity index is 2.93. The van der Waals surface area contributed by atoms with E-state index in [2.05, 4.69) is 38.8 Å². The maximum Gasteiger partial charge on any atom is 0.0453 e. The Morgan fingerprint density at radius 2 is 1.81 bits per heavy atom. The fourth-order valence-corrected chi connectivity index (χ4v) is 4.11. The summed E-state index contributed by atoms with van der Waals surface area (Å²) in [5.74, 6) is 0. The van der Waals surface area contributed by atoms with Gasteiger partial charge in [-0.05, 0) is 36.0 Å². The van der Waals surface area contributed by atoms with Crippen molar-refractivity contribution in [2.45, 2.75) is 19.8 Å². The summed E-state index contributed by atoms with van der Waals surface area (Å²) in [5, 5.41) is 3.36. The number of halogens is 4. The molecule has 90 valence electrons. The minimum atomic E-state index is 0.220. The average Bonchev–Trinajstić information content (AvgIpc) is 2.29. The number of benzene rings is 1. The molecule has 0 radical (unpaired) electrons. The van der Waals surface area contributed by atoms with E-state index < -0.39 is 0 Å². The number of alkyl halides is 2. The second-order valence-corrected chi connectivity index (χ2v) is 6.00. The fraction of sp³-hybridized carbons (Fsp3) is 0.500. The van der Waals surface area contributed by atoms with E-state index in [9.17, 15) is 0 Å². The lowest BCUT2D eigenvalue weighted by Crippen LogP contribution is -2.26. The second-order valence-electron chi connectivity index (χ2n) is 4.03. The van der Waals surface area contributed by atoms with Crippen LogP contribution in [0.15, 0.2) is 18.2 Å². The minimum Gasteiger partial charge on any atom is -0.0922 e. The van der Waals surface area contributed by atoms with Crippen LogP contribution in [-0.2, 0) is 6.42 Å². The van der Waals surface area contributed by atoms with Crippen LogP contribution < -0.4 is 0 Å². The van der Waals surface area contributed by atoms with Gasteiger partial charge in [-0.15, -0.1) is 0 Å². The highest BCUT2D eigenvalue weighted by atomic mass is 79.9. The van der Waals surface area contributed by atoms with E-state index in [0.717, 1.165) is 34.1 Å². The van der Waals surface area contributed by atoms with Crippen LogP contribution in [0.25, 0.3) is 0 Å². The maximum absolute atomic E-state index is 6.19. The van der Waals surface area contributed by atoms with E-state index in [1.165, 1.54) is 0 Å². The summed E-state index contributed by atoms with van der Waals surface area (Å²) in [6.07, 6.45) is 2.05. The van der Waals surface area contributed by atoms with Gasteiger partial charge in [0.25, 0.3) is 0 Å². The van der Waals surface area contributed by atoms with Gasteiger partial charge in [-0.25, -0.2) is 0 Å². The predicted octanol–water partition coefficient (Wildman–Crippen LogP) is 5.72. The van der Waals surface area contributed by atoms with Crippen molar-refractivity contribution in [2.75, 3.05) is 10.7 Å². The van der Waals surface area contributed by atoms with Crippen LogP contribution in [0.5, 0.6) is 0 Å². The molecule has 0 nitrogen and oxygen atoms in total. The van der Waals surface area contributed by atoms with Crippen LogP contribution in [0, 0.1) is 5.41 Å². The van der Waals surface area contributed by atoms with Gasteiger partial charge in [-0.3, -0.25) is 0 Å². The topological polar surface area (TPSA) is 0 Å². The van der Waals surface area contributed by atoms with Gasteiger partial charge in [-0.1, -0.05) is 68.1 Å². The van der Waals surface area contributed by atoms with Crippen LogP contribution in [0.2, 0.25) is 10.0 Å². The Morgan fingerprint density at radius 1 is 1.19 bits per heavy atom. The molecule has 0 aliphatic heterocycles. The fourth-order valence-electron chi connectivity index (χ4n) is 1.51. The monoisotopic (exact) mass is 386 g/mol. The van der Waals surface area contributed by atoms with Crippen molar-refractivity contribution in [3.05, 3.63) is 33.8 Å². The summed E-state index contributed by atoms with van der Waals surface area (Å²) < 4.78 is 0. The molecule has 0 bridgehead atoms. The van der Waals surface area contributed by atoms with Gasteiger partial charge in [0.1, 0.15) is 0 Å². The van der Waals surface area contributed by atoms with Gasteiger partial charge < -0.3 is 0 Å². The molecule has 0 heterocycles. The van der Waals surface area contributed by atoms with Gasteiger partial charge in [-0.2, -0.15) is 0 Å². The van der Waals surface area contributed by atoms with E-state index in [1.54, 1.807) is 6.07 Å². The molecule has 4 heteroatoms. The van der Waals surface area contributed by atoms with Crippen molar-refractivity contribution >= 4 is 55.1 Å². The minimum absolute atomic E-state index is 0.220. The van der Waals surface area contributed by atoms with Gasteiger partial charge in [0, 0.05) is 20.7 Å². The first-order valence-corrected chi connectivity index (χ1v) is 8.12. The van der Waals surface area contributed by atoms with Crippen LogP contribution in [0.4, 0.5) is 0 Å². The molecule has 1 rings (SSSR count). The van der Waals surface area contributed by atoms with Crippen molar-refractivity contribution in [1.29, 1.82) is 0 Å². The molecular formula is C12H14Br2Cl2. The Morgan fingerprint density at radius 3 is 2.25 bits per heavy atom. The van der Waals surface area contributed by atoms with Gasteiger partial charge in [0.2, 0.25) is 0 Å². The third-order valence-corrected chi connectivity index (χ3v) is 5.86. The Kier molecular flexibility index (Phi) is 6.14. The van der Waals surface area contributed by atoms with Crippen LogP contribution >= 0.6 is 55.1 Å². The molecule has 0 aliphatic rings. The molecule has 0 saturated carbocycles. The van der Waals surface area contributed by atoms with Crippen molar-refractivity contribution < 1.29 is 0 Å². The quantitative estimate of drug-likeness (QED) is 0.565. The normalized spacial score (nSPS) is 11.8. The summed E-state index contributed by atoms with van der Waals surface area (Å²) >= 11 is 19.3. The van der Waals surface area contributed by atoms with Gasteiger partial charge >= 0.3 is 0 Å². The highest BCUT2D eigenvalue weighted by Crippen LogP contribution is 2.34. The zero-order chi connectivity index (χ0) is 12.2. The number of hydrogen-bond donors (Lipinski definition) is 0. The summed E-state index contributed by atoms with van der Waals surface area (Å²) in [6.45, 7) is 2.20. The molecule has 1 aromatic carbocycles. The number of hydrogen-bond acceptors (Lipinski definition) is 0. The summed E-state index contributed by atoms with van der Waals surface area (Å²) in [5.41, 5.74) is 1.38. The highest BCUT2D eigenvalue weighted by Gasteiger charge is 2.26. The van der Waals surface area contributed by atoms with E-state index >= 15 is 0 Å². The molecule has 0 fully saturated rings. The molecule has 0 unspecified atom stereocenters. The van der Waals surface area contributed by atoms with Crippen LogP contribution in [0.1, 0.15) is 18.9 Å². The Hall–Kier alpha value is 0.760. The van der Waals surface area contributed by atoms with E-state index in [4.69, 9.17) is 23.2 Å². The molecule has 0 amide bonds. The van der Waals surface area contributed by atoms with Gasteiger partial charge in [0.15, 0.2) is 0 Å². The molecule has 0 N–H and O–H groups in total. The molecule has 0 aliphatic carbocycles. The first kappa shape index (κ1) is 14.8. The largest absolute Gasteiger partial charge is 0.0922 e. The third-order valence-electron chi connectivity index (χ3n) is 2.90. The first-order valence-electron chi connectivity index (χ1n) is 5.13. The second kappa shape index (κ2) is 6.63. The van der Waals surface area contributed by atoms with Crippen molar-refractivity contribution in [3.63, 3.8) is 0 Å². The van der Waals surface area contributed by atoms with E-state index in [0.29, 0.717) is 5.02 Å². The summed E-state index contributed by atoms with van der Waals surface area (Å²) in [7, 11) is 0. The molecule has 0 atom stereocenters. The van der Waals surface area contributed by atoms with Crippen molar-refractivity contribution in [2.24, 2.45) is 5.41 Å². The first-order chi connectivity index (χ1) is 7.56. The van der Waals surface area contributed by atoms with Crippen LogP contribution in [-0.4, -0.2) is 10.7 Å². The Labute approximate surface area is 124 Å². The van der Waals surface area contributed by atoms with E-state index in [1.807, 2.05) is 12.1 Å². The lowest BCUT2D eigenvalue weighted by molar-refractivity contribution is 0.374. The van der Waals surface area contributed by atoms with Crippen LogP contribution in [0.3, 0.4) is 0 Å². The average molecular weight is 389 g/mol. The lowest BCUT2D eigenvalue weighted by Gasteiger charge is -2.29. The number of rotatable bonds is 5. The third kappa shape index (κ3) is 3.63. The van der Waals surface area contributed by atoms with Gasteiger partial charge in [0.05, 0.1) is 0 Å². The summed E-state index contributed by atoms with van der Waals surface area (Å²) in [6, 6.07) is 5.72. The van der Waals surface area contributed by atoms with Crippen molar-refractivity contribution in [1.82, 2.24) is 0 Å². The zero-order valence-electron chi connectivity index (χ0n) is 9.07. The Bertz CT molecular complexity index is 341. The lowest BCUT2D eigenvalue weighted by atomic mass is 9.83. The SMILES string of the molecule is CCC(CBr)(CBr)Cc1ccc(Cl)cc1Cl. The molecule has 1 aromatic rings. The van der Waals surface area contributed by atoms with E-state index in [-0.39, 0.29) is 5.41 Å². The highest BCUT2D eigenvalue weighted by molar-refractivity contribution is 9.09. The molecule has 16 heavy (non-hydrogen) atoms. The summed E-state index contributed by atoms with van der Waals surface area (Å²) in [4.78, 5) is 0. The molecular weight excluding hydrogens is 375 g/mol. The standard InChI is InChI=1S/C12H14Br2Cl2/c1-2-12(7-13,8-14)6-9-3-4-10(15)5-11(9)16/h3-5H,2,6-8H2,1H3. The zero-order valence-corrected chi connectivity index (χ0v) is 13.8. The molecule has 0 spiro atoms. The molecule has 0 aromatic heterocycles. The van der Waals surface area contributed by atoms with Crippen molar-refractivity contribution in [3.8, 4) is 0 Å². The maximum atomic E-state index is 6.19. The predicted molar refractivity (Wildman–Crippen MR) is 80.5 cm³/mol. The smallest absolute Gasteiger partial charge is 0.0453 e. The molecule has 0 saturated heterocycles.